The largest absolute Gasteiger partial charge is 0.457 e. The maximum Gasteiger partial charge on any atom is 0.132 e. The highest BCUT2D eigenvalue weighted by atomic mass is 16.5. The smallest absolute Gasteiger partial charge is 0.132 e. The molecule has 0 atom stereocenters. The van der Waals surface area contributed by atoms with Crippen LogP contribution in [-0.2, 0) is 16.2 Å². The third kappa shape index (κ3) is 6.00. The van der Waals surface area contributed by atoms with Gasteiger partial charge in [0.25, 0.3) is 0 Å². The van der Waals surface area contributed by atoms with Crippen LogP contribution in [0.2, 0.25) is 0 Å². The van der Waals surface area contributed by atoms with E-state index in [9.17, 15) is 0 Å². The lowest BCUT2D eigenvalue weighted by Crippen LogP contribution is -2.33. The van der Waals surface area contributed by atoms with Gasteiger partial charge in [-0.2, -0.15) is 0 Å². The maximum atomic E-state index is 6.93. The fourth-order valence-corrected chi connectivity index (χ4v) is 9.40. The van der Waals surface area contributed by atoms with E-state index in [0.29, 0.717) is 0 Å². The molecule has 0 unspecified atom stereocenters. The Morgan fingerprint density at radius 2 is 0.881 bits per heavy atom. The third-order valence-corrected chi connectivity index (χ3v) is 12.5. The summed E-state index contributed by atoms with van der Waals surface area (Å²) in [4.78, 5) is 2.39. The fourth-order valence-electron chi connectivity index (χ4n) is 9.40. The highest BCUT2D eigenvalue weighted by Gasteiger charge is 2.52. The summed E-state index contributed by atoms with van der Waals surface area (Å²) >= 11 is 0. The van der Waals surface area contributed by atoms with E-state index in [1.807, 2.05) is 0 Å². The van der Waals surface area contributed by atoms with E-state index < -0.39 is 5.41 Å². The van der Waals surface area contributed by atoms with E-state index in [-0.39, 0.29) is 10.8 Å². The minimum atomic E-state index is -0.602. The van der Waals surface area contributed by atoms with Crippen molar-refractivity contribution in [1.29, 1.82) is 0 Å². The van der Waals surface area contributed by atoms with Crippen molar-refractivity contribution in [3.63, 3.8) is 0 Å². The Kier molecular flexibility index (Phi) is 8.54. The monoisotopic (exact) mass is 763 g/mol. The molecular weight excluding hydrogens is 715 g/mol. The number of hydrogen-bond donors (Lipinski definition) is 0. The molecule has 0 aromatic heterocycles. The van der Waals surface area contributed by atoms with Crippen molar-refractivity contribution in [3.05, 3.63) is 221 Å². The van der Waals surface area contributed by atoms with Crippen molar-refractivity contribution in [2.75, 3.05) is 4.90 Å². The van der Waals surface area contributed by atoms with Crippen LogP contribution < -0.4 is 9.64 Å². The van der Waals surface area contributed by atoms with Crippen LogP contribution in [0.4, 0.5) is 17.1 Å². The molecule has 2 heteroatoms. The van der Waals surface area contributed by atoms with E-state index in [1.165, 1.54) is 55.6 Å². The minimum absolute atomic E-state index is 0.0317. The molecule has 0 radical (unpaired) electrons. The van der Waals surface area contributed by atoms with Crippen LogP contribution in [0.25, 0.3) is 33.4 Å². The second-order valence-corrected chi connectivity index (χ2v) is 18.2. The summed E-state index contributed by atoms with van der Waals surface area (Å²) in [5, 5.41) is 0. The minimum Gasteiger partial charge on any atom is -0.457 e. The average Bonchev–Trinajstić information content (AvgIpc) is 3.54. The van der Waals surface area contributed by atoms with Gasteiger partial charge in [0.1, 0.15) is 11.5 Å². The molecule has 1 aliphatic heterocycles. The Labute approximate surface area is 349 Å². The summed E-state index contributed by atoms with van der Waals surface area (Å²) in [7, 11) is 0. The number of rotatable bonds is 5. The van der Waals surface area contributed by atoms with Crippen LogP contribution in [-0.4, -0.2) is 0 Å². The lowest BCUT2D eigenvalue weighted by atomic mass is 9.64. The SMILES string of the molecule is CC(C)(C)c1ccc2c(c1)C1(c3ccccc3Oc3ccc(-c4ccccc4N(c4ccccc4)c4ccc(-c5ccccc5)cc4)cc31)c1cc(C(C)(C)C)ccc1-2. The summed E-state index contributed by atoms with van der Waals surface area (Å²) in [5.41, 5.74) is 17.5. The van der Waals surface area contributed by atoms with Crippen LogP contribution >= 0.6 is 0 Å². The Bertz CT molecular complexity index is 2790. The first-order valence-electron chi connectivity index (χ1n) is 20.8. The molecule has 0 bridgehead atoms. The van der Waals surface area contributed by atoms with Crippen LogP contribution in [0.1, 0.15) is 74.9 Å². The second kappa shape index (κ2) is 13.7. The third-order valence-electron chi connectivity index (χ3n) is 12.5. The zero-order chi connectivity index (χ0) is 40.5. The molecule has 0 amide bonds. The Morgan fingerprint density at radius 3 is 1.53 bits per heavy atom. The molecule has 59 heavy (non-hydrogen) atoms. The molecule has 1 spiro atoms. The summed E-state index contributed by atoms with van der Waals surface area (Å²) in [5.74, 6) is 1.80. The lowest BCUT2D eigenvalue weighted by Gasteiger charge is -2.40. The summed E-state index contributed by atoms with van der Waals surface area (Å²) in [6.07, 6.45) is 0. The topological polar surface area (TPSA) is 12.5 Å². The molecule has 0 N–H and O–H groups in total. The quantitative estimate of drug-likeness (QED) is 0.173. The highest BCUT2D eigenvalue weighted by Crippen LogP contribution is 2.63. The van der Waals surface area contributed by atoms with Crippen molar-refractivity contribution < 1.29 is 4.74 Å². The van der Waals surface area contributed by atoms with Crippen molar-refractivity contribution >= 4 is 17.1 Å². The van der Waals surface area contributed by atoms with Crippen molar-refractivity contribution in [2.45, 2.75) is 57.8 Å². The van der Waals surface area contributed by atoms with Gasteiger partial charge in [-0.1, -0.05) is 181 Å². The average molecular weight is 764 g/mol. The number of nitrogens with zero attached hydrogens (tertiary/aromatic N) is 1. The lowest BCUT2D eigenvalue weighted by molar-refractivity contribution is 0.436. The predicted octanol–water partition coefficient (Wildman–Crippen LogP) is 15.6. The molecule has 1 heterocycles. The molecule has 0 saturated carbocycles. The predicted molar refractivity (Wildman–Crippen MR) is 247 cm³/mol. The molecule has 288 valence electrons. The van der Waals surface area contributed by atoms with Gasteiger partial charge in [-0.25, -0.2) is 0 Å². The van der Waals surface area contributed by atoms with Gasteiger partial charge in [0.2, 0.25) is 0 Å². The molecule has 10 rings (SSSR count). The summed E-state index contributed by atoms with van der Waals surface area (Å²) in [6.45, 7) is 13.9. The number of para-hydroxylation sites is 3. The number of benzene rings is 8. The maximum absolute atomic E-state index is 6.93. The van der Waals surface area contributed by atoms with Crippen LogP contribution in [0.15, 0.2) is 188 Å². The summed E-state index contributed by atoms with van der Waals surface area (Å²) in [6, 6.07) is 69.1. The van der Waals surface area contributed by atoms with Gasteiger partial charge >= 0.3 is 0 Å². The Hall–Kier alpha value is -6.64. The van der Waals surface area contributed by atoms with Crippen LogP contribution in [0.3, 0.4) is 0 Å². The normalized spacial score (nSPS) is 13.5. The molecule has 0 saturated heterocycles. The van der Waals surface area contributed by atoms with E-state index in [1.54, 1.807) is 0 Å². The Balaban J connectivity index is 1.22. The first kappa shape index (κ1) is 36.7. The zero-order valence-electron chi connectivity index (χ0n) is 34.8. The second-order valence-electron chi connectivity index (χ2n) is 18.2. The zero-order valence-corrected chi connectivity index (χ0v) is 34.8. The fraction of sp³-hybridized carbons (Fsp3) is 0.158. The first-order valence-corrected chi connectivity index (χ1v) is 20.8. The van der Waals surface area contributed by atoms with E-state index in [4.69, 9.17) is 4.74 Å². The molecule has 1 aliphatic carbocycles. The standard InChI is InChI=1S/C57H49NO/c1-55(2,3)41-28-32-46-47-33-29-42(56(4,5)6)37-50(47)57(49(46)36-41)48-22-14-16-24-53(48)59-54-34-27-40(35-51(54)57)45-21-13-15-23-52(45)58(43-19-11-8-12-20-43)44-30-25-39(26-31-44)38-17-9-7-10-18-38/h7-37H,1-6H3. The van der Waals surface area contributed by atoms with Crippen molar-refractivity contribution in [1.82, 2.24) is 0 Å². The number of hydrogen-bond acceptors (Lipinski definition) is 2. The van der Waals surface area contributed by atoms with Gasteiger partial charge in [0.05, 0.1) is 11.1 Å². The Morgan fingerprint density at radius 1 is 0.373 bits per heavy atom. The van der Waals surface area contributed by atoms with Crippen LogP contribution in [0.5, 0.6) is 11.5 Å². The number of anilines is 3. The van der Waals surface area contributed by atoms with Crippen molar-refractivity contribution in [2.24, 2.45) is 0 Å². The van der Waals surface area contributed by atoms with Gasteiger partial charge in [-0.05, 0) is 109 Å². The molecule has 8 aromatic rings. The number of fused-ring (bicyclic) bond motifs is 9. The van der Waals surface area contributed by atoms with E-state index in [2.05, 4.69) is 234 Å². The summed E-state index contributed by atoms with van der Waals surface area (Å²) < 4.78 is 6.93. The van der Waals surface area contributed by atoms with Gasteiger partial charge < -0.3 is 9.64 Å². The van der Waals surface area contributed by atoms with E-state index >= 15 is 0 Å². The van der Waals surface area contributed by atoms with Gasteiger partial charge in [-0.3, -0.25) is 0 Å². The van der Waals surface area contributed by atoms with Gasteiger partial charge in [0.15, 0.2) is 0 Å². The van der Waals surface area contributed by atoms with E-state index in [0.717, 1.165) is 39.7 Å². The van der Waals surface area contributed by atoms with Crippen molar-refractivity contribution in [3.8, 4) is 44.9 Å². The molecule has 0 fully saturated rings. The molecular formula is C57H49NO. The molecule has 2 nitrogen and oxygen atoms in total. The number of ether oxygens (including phenoxy) is 1. The van der Waals surface area contributed by atoms with Crippen LogP contribution in [0, 0.1) is 0 Å². The first-order chi connectivity index (χ1) is 28.5. The molecule has 8 aromatic carbocycles. The highest BCUT2D eigenvalue weighted by molar-refractivity contribution is 5.92. The van der Waals surface area contributed by atoms with Gasteiger partial charge in [0, 0.05) is 28.1 Å². The van der Waals surface area contributed by atoms with Gasteiger partial charge in [-0.15, -0.1) is 0 Å². The molecule has 2 aliphatic rings.